The molecule has 0 spiro atoms. The fraction of sp³-hybridized carbons (Fsp3) is 0.625. The van der Waals surface area contributed by atoms with Crippen molar-refractivity contribution < 1.29 is 18.8 Å². The van der Waals surface area contributed by atoms with Gasteiger partial charge in [0.2, 0.25) is 5.95 Å². The minimum atomic E-state index is -0.385. The van der Waals surface area contributed by atoms with Crippen LogP contribution in [0.5, 0.6) is 0 Å². The quantitative estimate of drug-likeness (QED) is 0.589. The molecule has 2 fully saturated rings. The first kappa shape index (κ1) is 23.2. The first-order valence-electron chi connectivity index (χ1n) is 12.2. The van der Waals surface area contributed by atoms with Gasteiger partial charge in [-0.05, 0) is 38.7 Å². The zero-order valence-corrected chi connectivity index (χ0v) is 19.3. The maximum atomic E-state index is 13.6. The Morgan fingerprint density at radius 2 is 1.76 bits per heavy atom. The molecule has 1 N–H and O–H groups in total. The zero-order valence-electron chi connectivity index (χ0n) is 19.3. The number of aromatic nitrogens is 3. The molecule has 0 saturated heterocycles. The molecule has 1 amide bonds. The molecule has 33 heavy (non-hydrogen) atoms. The molecule has 2 heterocycles. The predicted octanol–water partition coefficient (Wildman–Crippen LogP) is 4.21. The second kappa shape index (κ2) is 11.2. The molecule has 2 saturated carbocycles. The highest BCUT2D eigenvalue weighted by molar-refractivity contribution is 5.93. The number of nitrogens with zero attached hydrogens (tertiary/aromatic N) is 4. The summed E-state index contributed by atoms with van der Waals surface area (Å²) in [5.74, 6) is 0.242. The Hall–Kier alpha value is -2.97. The van der Waals surface area contributed by atoms with Gasteiger partial charge in [0.1, 0.15) is 12.2 Å². The zero-order chi connectivity index (χ0) is 23.0. The van der Waals surface area contributed by atoms with E-state index in [1.807, 2.05) is 0 Å². The summed E-state index contributed by atoms with van der Waals surface area (Å²) in [5, 5.41) is 6.95. The molecular weight excluding hydrogens is 422 g/mol. The standard InChI is InChI=1S/C24H33N5O4/c1-2-32-22(30)16-26-24-25-14-13-19(27-24)21-15-20(28-33-21)23(31)29(17-9-5-3-6-10-17)18-11-7-4-8-12-18/h13-15,17-18H,2-12,16H2,1H3,(H,25,26,27). The van der Waals surface area contributed by atoms with Crippen LogP contribution in [0.2, 0.25) is 0 Å². The lowest BCUT2D eigenvalue weighted by Crippen LogP contribution is -2.48. The van der Waals surface area contributed by atoms with Crippen LogP contribution in [0.25, 0.3) is 11.5 Å². The number of carbonyl (C=O) groups is 2. The van der Waals surface area contributed by atoms with Crippen LogP contribution in [0.4, 0.5) is 5.95 Å². The fourth-order valence-electron chi connectivity index (χ4n) is 4.92. The number of amides is 1. The van der Waals surface area contributed by atoms with Gasteiger partial charge in [0.25, 0.3) is 5.91 Å². The van der Waals surface area contributed by atoms with E-state index in [9.17, 15) is 9.59 Å². The molecule has 9 heteroatoms. The molecule has 178 valence electrons. The van der Waals surface area contributed by atoms with Crippen molar-refractivity contribution in [2.24, 2.45) is 0 Å². The van der Waals surface area contributed by atoms with Gasteiger partial charge in [0, 0.05) is 24.3 Å². The van der Waals surface area contributed by atoms with E-state index in [4.69, 9.17) is 9.26 Å². The summed E-state index contributed by atoms with van der Waals surface area (Å²) in [7, 11) is 0. The van der Waals surface area contributed by atoms with Gasteiger partial charge in [0.05, 0.1) is 6.61 Å². The maximum absolute atomic E-state index is 13.6. The van der Waals surface area contributed by atoms with Crippen LogP contribution in [0, 0.1) is 0 Å². The summed E-state index contributed by atoms with van der Waals surface area (Å²) in [6.45, 7) is 2.03. The number of carbonyl (C=O) groups excluding carboxylic acids is 2. The SMILES string of the molecule is CCOC(=O)CNc1nccc(-c2cc(C(=O)N(C3CCCCC3)C3CCCCC3)no2)n1. The third-order valence-electron chi connectivity index (χ3n) is 6.50. The molecule has 2 aliphatic carbocycles. The Labute approximate surface area is 194 Å². The summed E-state index contributed by atoms with van der Waals surface area (Å²) in [5.41, 5.74) is 0.811. The third kappa shape index (κ3) is 5.89. The highest BCUT2D eigenvalue weighted by atomic mass is 16.5. The van der Waals surface area contributed by atoms with Crippen LogP contribution in [0.3, 0.4) is 0 Å². The van der Waals surface area contributed by atoms with E-state index in [1.165, 1.54) is 38.5 Å². The van der Waals surface area contributed by atoms with E-state index in [-0.39, 0.29) is 36.5 Å². The van der Waals surface area contributed by atoms with Crippen LogP contribution in [-0.2, 0) is 9.53 Å². The summed E-state index contributed by atoms with van der Waals surface area (Å²) in [6, 6.07) is 3.92. The summed E-state index contributed by atoms with van der Waals surface area (Å²) >= 11 is 0. The van der Waals surface area contributed by atoms with Gasteiger partial charge in [-0.2, -0.15) is 0 Å². The number of esters is 1. The van der Waals surface area contributed by atoms with E-state index < -0.39 is 0 Å². The Balaban J connectivity index is 1.49. The van der Waals surface area contributed by atoms with Gasteiger partial charge in [-0.15, -0.1) is 0 Å². The van der Waals surface area contributed by atoms with E-state index >= 15 is 0 Å². The van der Waals surface area contributed by atoms with Crippen molar-refractivity contribution in [3.63, 3.8) is 0 Å². The number of anilines is 1. The second-order valence-corrected chi connectivity index (χ2v) is 8.80. The number of rotatable bonds is 8. The monoisotopic (exact) mass is 455 g/mol. The first-order chi connectivity index (χ1) is 16.2. The summed E-state index contributed by atoms with van der Waals surface area (Å²) in [6.07, 6.45) is 13.0. The van der Waals surface area contributed by atoms with E-state index in [2.05, 4.69) is 25.3 Å². The average Bonchev–Trinajstić information content (AvgIpc) is 3.35. The van der Waals surface area contributed by atoms with Crippen molar-refractivity contribution in [1.29, 1.82) is 0 Å². The summed E-state index contributed by atoms with van der Waals surface area (Å²) in [4.78, 5) is 35.8. The van der Waals surface area contributed by atoms with Crippen LogP contribution in [-0.4, -0.2) is 57.1 Å². The van der Waals surface area contributed by atoms with Crippen LogP contribution >= 0.6 is 0 Å². The molecule has 0 bridgehead atoms. The molecule has 0 radical (unpaired) electrons. The van der Waals surface area contributed by atoms with Crippen molar-refractivity contribution in [2.75, 3.05) is 18.5 Å². The van der Waals surface area contributed by atoms with E-state index in [1.54, 1.807) is 25.3 Å². The van der Waals surface area contributed by atoms with Gasteiger partial charge in [-0.1, -0.05) is 43.7 Å². The predicted molar refractivity (Wildman–Crippen MR) is 123 cm³/mol. The molecule has 0 unspecified atom stereocenters. The number of ether oxygens (including phenoxy) is 1. The molecule has 2 aromatic rings. The van der Waals surface area contributed by atoms with Crippen LogP contribution in [0.15, 0.2) is 22.9 Å². The molecule has 0 aromatic carbocycles. The van der Waals surface area contributed by atoms with Gasteiger partial charge >= 0.3 is 5.97 Å². The van der Waals surface area contributed by atoms with Gasteiger partial charge in [-0.3, -0.25) is 9.59 Å². The van der Waals surface area contributed by atoms with Gasteiger partial charge < -0.3 is 19.5 Å². The number of hydrogen-bond donors (Lipinski definition) is 1. The Kier molecular flexibility index (Phi) is 7.91. The van der Waals surface area contributed by atoms with Crippen molar-refractivity contribution in [3.05, 3.63) is 24.0 Å². The van der Waals surface area contributed by atoms with Crippen molar-refractivity contribution in [3.8, 4) is 11.5 Å². The van der Waals surface area contributed by atoms with Crippen molar-refractivity contribution in [1.82, 2.24) is 20.0 Å². The fourth-order valence-corrected chi connectivity index (χ4v) is 4.92. The lowest BCUT2D eigenvalue weighted by Gasteiger charge is -2.41. The maximum Gasteiger partial charge on any atom is 0.325 e. The number of hydrogen-bond acceptors (Lipinski definition) is 8. The Morgan fingerprint density at radius 1 is 1.09 bits per heavy atom. The number of nitrogens with one attached hydrogen (secondary N) is 1. The molecule has 0 atom stereocenters. The minimum Gasteiger partial charge on any atom is -0.465 e. The lowest BCUT2D eigenvalue weighted by atomic mass is 9.88. The highest BCUT2D eigenvalue weighted by Crippen LogP contribution is 2.32. The topological polar surface area (TPSA) is 110 Å². The molecule has 2 aliphatic rings. The van der Waals surface area contributed by atoms with Crippen molar-refractivity contribution in [2.45, 2.75) is 83.2 Å². The molecule has 4 rings (SSSR count). The largest absolute Gasteiger partial charge is 0.465 e. The summed E-state index contributed by atoms with van der Waals surface area (Å²) < 4.78 is 10.4. The van der Waals surface area contributed by atoms with Crippen LogP contribution < -0.4 is 5.32 Å². The highest BCUT2D eigenvalue weighted by Gasteiger charge is 2.34. The smallest absolute Gasteiger partial charge is 0.325 e. The van der Waals surface area contributed by atoms with E-state index in [0.29, 0.717) is 23.8 Å². The normalized spacial score (nSPS) is 17.5. The van der Waals surface area contributed by atoms with Gasteiger partial charge in [0.15, 0.2) is 11.5 Å². The first-order valence-corrected chi connectivity index (χ1v) is 12.2. The van der Waals surface area contributed by atoms with Crippen molar-refractivity contribution >= 4 is 17.8 Å². The van der Waals surface area contributed by atoms with Gasteiger partial charge in [-0.25, -0.2) is 9.97 Å². The Bertz CT molecular complexity index is 916. The lowest BCUT2D eigenvalue weighted by molar-refractivity contribution is -0.140. The molecular formula is C24H33N5O4. The average molecular weight is 456 g/mol. The Morgan fingerprint density at radius 3 is 2.39 bits per heavy atom. The van der Waals surface area contributed by atoms with E-state index in [0.717, 1.165) is 25.7 Å². The molecule has 0 aliphatic heterocycles. The van der Waals surface area contributed by atoms with Crippen LogP contribution in [0.1, 0.15) is 81.6 Å². The third-order valence-corrected chi connectivity index (χ3v) is 6.50. The minimum absolute atomic E-state index is 0.0326. The second-order valence-electron chi connectivity index (χ2n) is 8.80. The molecule has 2 aromatic heterocycles. The molecule has 9 nitrogen and oxygen atoms in total.